The number of nitrogens with one attached hydrogen (secondary N) is 1. The van der Waals surface area contributed by atoms with Gasteiger partial charge in [-0.1, -0.05) is 29.8 Å². The number of sulfonamides is 1. The second-order valence-electron chi connectivity index (χ2n) is 6.98. The fraction of sp³-hybridized carbons (Fsp3) is 0.0870. The lowest BCUT2D eigenvalue weighted by atomic mass is 10.1. The van der Waals surface area contributed by atoms with Gasteiger partial charge in [0.2, 0.25) is 5.89 Å². The summed E-state index contributed by atoms with van der Waals surface area (Å²) in [5.74, 6) is 0.465. The van der Waals surface area contributed by atoms with Crippen LogP contribution in [0.5, 0.6) is 0 Å². The van der Waals surface area contributed by atoms with E-state index < -0.39 is 10.0 Å². The highest BCUT2D eigenvalue weighted by Crippen LogP contribution is 2.27. The molecule has 0 saturated carbocycles. The van der Waals surface area contributed by atoms with Gasteiger partial charge in [-0.15, -0.1) is 0 Å². The van der Waals surface area contributed by atoms with Crippen LogP contribution in [0.1, 0.15) is 11.1 Å². The van der Waals surface area contributed by atoms with Gasteiger partial charge in [-0.05, 0) is 73.5 Å². The van der Waals surface area contributed by atoms with E-state index in [0.29, 0.717) is 16.6 Å². The number of hydrogen-bond donors (Lipinski definition) is 1. The van der Waals surface area contributed by atoms with Crippen LogP contribution in [0.2, 0.25) is 5.02 Å². The van der Waals surface area contributed by atoms with E-state index in [2.05, 4.69) is 35.7 Å². The van der Waals surface area contributed by atoms with Crippen LogP contribution in [-0.2, 0) is 10.0 Å². The number of aryl methyl sites for hydroxylation is 2. The molecule has 0 saturated heterocycles. The molecule has 0 radical (unpaired) electrons. The van der Waals surface area contributed by atoms with Gasteiger partial charge in [0.25, 0.3) is 10.0 Å². The van der Waals surface area contributed by atoms with E-state index in [9.17, 15) is 8.42 Å². The molecule has 0 aliphatic carbocycles. The van der Waals surface area contributed by atoms with E-state index in [0.717, 1.165) is 16.8 Å². The van der Waals surface area contributed by atoms with E-state index in [4.69, 9.17) is 16.0 Å². The van der Waals surface area contributed by atoms with E-state index >= 15 is 0 Å². The Hall–Kier alpha value is -3.09. The van der Waals surface area contributed by atoms with Crippen LogP contribution in [0, 0.1) is 13.8 Å². The van der Waals surface area contributed by atoms with Crippen molar-refractivity contribution in [3.63, 3.8) is 0 Å². The van der Waals surface area contributed by atoms with Crippen LogP contribution in [0.4, 0.5) is 5.69 Å². The first-order valence-electron chi connectivity index (χ1n) is 9.24. The second kappa shape index (κ2) is 7.97. The normalized spacial score (nSPS) is 11.4. The average molecular weight is 439 g/mol. The smallest absolute Gasteiger partial charge is 0.261 e. The molecule has 0 aliphatic rings. The maximum absolute atomic E-state index is 12.5. The zero-order chi connectivity index (χ0) is 21.3. The lowest BCUT2D eigenvalue weighted by molar-refractivity contribution is 0.575. The van der Waals surface area contributed by atoms with E-state index in [1.54, 1.807) is 42.7 Å². The number of rotatable bonds is 5. The third-order valence-corrected chi connectivity index (χ3v) is 6.41. The number of benzene rings is 3. The number of aromatic nitrogens is 1. The summed E-state index contributed by atoms with van der Waals surface area (Å²) in [6.45, 7) is 4.12. The molecule has 5 nitrogen and oxygen atoms in total. The molecule has 0 fully saturated rings. The molecule has 7 heteroatoms. The molecule has 1 N–H and O–H groups in total. The summed E-state index contributed by atoms with van der Waals surface area (Å²) in [4.78, 5) is 4.66. The van der Waals surface area contributed by atoms with E-state index in [-0.39, 0.29) is 4.90 Å². The van der Waals surface area contributed by atoms with Gasteiger partial charge in [-0.25, -0.2) is 13.4 Å². The van der Waals surface area contributed by atoms with Crippen molar-refractivity contribution in [3.8, 4) is 22.7 Å². The van der Waals surface area contributed by atoms with Gasteiger partial charge in [0.1, 0.15) is 12.0 Å². The Morgan fingerprint density at radius 2 is 1.63 bits per heavy atom. The lowest BCUT2D eigenvalue weighted by Crippen LogP contribution is -2.12. The summed E-state index contributed by atoms with van der Waals surface area (Å²) in [5, 5.41) is 0.358. The van der Waals surface area contributed by atoms with Crippen LogP contribution >= 0.6 is 11.6 Å². The molecule has 0 bridgehead atoms. The largest absolute Gasteiger partial charge is 0.444 e. The Balaban J connectivity index is 1.54. The fourth-order valence-corrected chi connectivity index (χ4v) is 4.33. The second-order valence-corrected chi connectivity index (χ2v) is 9.10. The van der Waals surface area contributed by atoms with Crippen LogP contribution in [-0.4, -0.2) is 13.4 Å². The first-order valence-corrected chi connectivity index (χ1v) is 11.1. The summed E-state index contributed by atoms with van der Waals surface area (Å²) in [5.41, 5.74) is 5.32. The molecule has 152 valence electrons. The highest BCUT2D eigenvalue weighted by Gasteiger charge is 2.15. The van der Waals surface area contributed by atoms with Crippen molar-refractivity contribution in [2.45, 2.75) is 18.7 Å². The standard InChI is InChI=1S/C23H19ClN2O3S/c1-15-6-7-18(12-16(15)2)22-14-29-23(25-22)17-8-10-20(11-9-17)26-30(27,28)21-5-3-4-19(24)13-21/h3-14,26H,1-2H3. The van der Waals surface area contributed by atoms with E-state index in [1.807, 2.05) is 6.07 Å². The van der Waals surface area contributed by atoms with Gasteiger partial charge >= 0.3 is 0 Å². The Labute approximate surface area is 180 Å². The number of nitrogens with zero attached hydrogens (tertiary/aromatic N) is 1. The topological polar surface area (TPSA) is 72.2 Å². The summed E-state index contributed by atoms with van der Waals surface area (Å²) >= 11 is 5.90. The zero-order valence-electron chi connectivity index (χ0n) is 16.4. The van der Waals surface area contributed by atoms with Crippen molar-refractivity contribution in [2.24, 2.45) is 0 Å². The molecule has 0 amide bonds. The van der Waals surface area contributed by atoms with Crippen molar-refractivity contribution in [3.05, 3.63) is 89.1 Å². The SMILES string of the molecule is Cc1ccc(-c2coc(-c3ccc(NS(=O)(=O)c4cccc(Cl)c4)cc3)n2)cc1C. The summed E-state index contributed by atoms with van der Waals surface area (Å²) < 4.78 is 33.2. The van der Waals surface area contributed by atoms with Crippen molar-refractivity contribution < 1.29 is 12.8 Å². The van der Waals surface area contributed by atoms with Gasteiger partial charge in [-0.3, -0.25) is 4.72 Å². The van der Waals surface area contributed by atoms with Crippen LogP contribution in [0.15, 0.2) is 82.3 Å². The van der Waals surface area contributed by atoms with Gasteiger partial charge in [-0.2, -0.15) is 0 Å². The molecule has 30 heavy (non-hydrogen) atoms. The maximum Gasteiger partial charge on any atom is 0.261 e. The highest BCUT2D eigenvalue weighted by atomic mass is 35.5. The quantitative estimate of drug-likeness (QED) is 0.409. The Morgan fingerprint density at radius 3 is 2.33 bits per heavy atom. The minimum atomic E-state index is -3.73. The average Bonchev–Trinajstić information content (AvgIpc) is 3.21. The molecular weight excluding hydrogens is 420 g/mol. The van der Waals surface area contributed by atoms with E-state index in [1.165, 1.54) is 23.3 Å². The molecule has 0 spiro atoms. The molecule has 0 unspecified atom stereocenters. The van der Waals surface area contributed by atoms with Crippen LogP contribution in [0.25, 0.3) is 22.7 Å². The third kappa shape index (κ3) is 4.25. The van der Waals surface area contributed by atoms with Crippen molar-refractivity contribution in [1.82, 2.24) is 4.98 Å². The summed E-state index contributed by atoms with van der Waals surface area (Å²) in [6.07, 6.45) is 1.62. The predicted octanol–water partition coefficient (Wildman–Crippen LogP) is 6.08. The summed E-state index contributed by atoms with van der Waals surface area (Å²) in [6, 6.07) is 19.1. The maximum atomic E-state index is 12.5. The van der Waals surface area contributed by atoms with Crippen molar-refractivity contribution in [1.29, 1.82) is 0 Å². The number of oxazole rings is 1. The Morgan fingerprint density at radius 1 is 0.900 bits per heavy atom. The Kier molecular flexibility index (Phi) is 5.37. The monoisotopic (exact) mass is 438 g/mol. The number of anilines is 1. The van der Waals surface area contributed by atoms with Crippen molar-refractivity contribution >= 4 is 27.3 Å². The summed E-state index contributed by atoms with van der Waals surface area (Å²) in [7, 11) is -3.73. The van der Waals surface area contributed by atoms with Gasteiger partial charge in [0.15, 0.2) is 0 Å². The van der Waals surface area contributed by atoms with Crippen LogP contribution < -0.4 is 4.72 Å². The molecule has 0 aliphatic heterocycles. The van der Waals surface area contributed by atoms with Crippen molar-refractivity contribution in [2.75, 3.05) is 4.72 Å². The molecule has 4 aromatic rings. The van der Waals surface area contributed by atoms with Crippen LogP contribution in [0.3, 0.4) is 0 Å². The predicted molar refractivity (Wildman–Crippen MR) is 119 cm³/mol. The first kappa shape index (κ1) is 20.2. The minimum Gasteiger partial charge on any atom is -0.444 e. The molecular formula is C23H19ClN2O3S. The molecule has 0 atom stereocenters. The highest BCUT2D eigenvalue weighted by molar-refractivity contribution is 7.92. The molecule has 1 heterocycles. The van der Waals surface area contributed by atoms with Gasteiger partial charge in [0.05, 0.1) is 4.90 Å². The third-order valence-electron chi connectivity index (χ3n) is 4.80. The minimum absolute atomic E-state index is 0.102. The molecule has 4 rings (SSSR count). The Bertz CT molecular complexity index is 1310. The fourth-order valence-electron chi connectivity index (χ4n) is 2.97. The zero-order valence-corrected chi connectivity index (χ0v) is 18.0. The first-order chi connectivity index (χ1) is 14.3. The van der Waals surface area contributed by atoms with Gasteiger partial charge in [0, 0.05) is 21.8 Å². The number of hydrogen-bond acceptors (Lipinski definition) is 4. The molecule has 1 aromatic heterocycles. The van der Waals surface area contributed by atoms with Gasteiger partial charge < -0.3 is 4.42 Å². The molecule has 3 aromatic carbocycles. The lowest BCUT2D eigenvalue weighted by Gasteiger charge is -2.08. The number of halogens is 1.